The van der Waals surface area contributed by atoms with Crippen LogP contribution >= 0.6 is 11.3 Å². The van der Waals surface area contributed by atoms with E-state index < -0.39 is 6.10 Å². The average molecular weight is 189 g/mol. The van der Waals surface area contributed by atoms with Gasteiger partial charge in [0, 0.05) is 18.7 Å². The Balaban J connectivity index is 2.25. The van der Waals surface area contributed by atoms with Crippen molar-refractivity contribution in [1.82, 2.24) is 4.98 Å². The van der Waals surface area contributed by atoms with E-state index >= 15 is 0 Å². The number of hydrogen-bond donors (Lipinski definition) is 1. The van der Waals surface area contributed by atoms with E-state index in [1.807, 2.05) is 5.38 Å². The summed E-state index contributed by atoms with van der Waals surface area (Å²) < 4.78 is 9.62. The SMILES string of the molecule is COCOCC(O)c1nccs1. The molecule has 5 heteroatoms. The van der Waals surface area contributed by atoms with E-state index in [0.29, 0.717) is 5.01 Å². The second-order valence-corrected chi connectivity index (χ2v) is 3.09. The van der Waals surface area contributed by atoms with Crippen molar-refractivity contribution in [1.29, 1.82) is 0 Å². The molecule has 0 saturated carbocycles. The molecule has 0 bridgehead atoms. The fraction of sp³-hybridized carbons (Fsp3) is 0.571. The minimum Gasteiger partial charge on any atom is -0.383 e. The summed E-state index contributed by atoms with van der Waals surface area (Å²) in [6.07, 6.45) is 1.01. The molecule has 1 heterocycles. The third-order valence-electron chi connectivity index (χ3n) is 1.21. The minimum atomic E-state index is -0.639. The highest BCUT2D eigenvalue weighted by atomic mass is 32.1. The first-order valence-electron chi connectivity index (χ1n) is 3.48. The number of aromatic nitrogens is 1. The molecule has 1 aromatic rings. The molecule has 68 valence electrons. The van der Waals surface area contributed by atoms with Crippen LogP contribution in [0.25, 0.3) is 0 Å². The molecule has 0 aliphatic carbocycles. The number of aliphatic hydroxyl groups is 1. The molecule has 1 N–H and O–H groups in total. The van der Waals surface area contributed by atoms with Gasteiger partial charge in [0.25, 0.3) is 0 Å². The monoisotopic (exact) mass is 189 g/mol. The van der Waals surface area contributed by atoms with Gasteiger partial charge in [-0.25, -0.2) is 4.98 Å². The lowest BCUT2D eigenvalue weighted by molar-refractivity contribution is -0.0621. The normalized spacial score (nSPS) is 13.2. The molecule has 4 nitrogen and oxygen atoms in total. The molecular formula is C7H11NO3S. The van der Waals surface area contributed by atoms with Crippen LogP contribution in [0.15, 0.2) is 11.6 Å². The molecule has 1 unspecified atom stereocenters. The summed E-state index contributed by atoms with van der Waals surface area (Å²) in [5.74, 6) is 0. The summed E-state index contributed by atoms with van der Waals surface area (Å²) in [5.41, 5.74) is 0. The molecule has 0 aromatic carbocycles. The van der Waals surface area contributed by atoms with Crippen LogP contribution in [0.5, 0.6) is 0 Å². The summed E-state index contributed by atoms with van der Waals surface area (Å²) >= 11 is 1.41. The Labute approximate surface area is 74.8 Å². The summed E-state index contributed by atoms with van der Waals surface area (Å²) in [4.78, 5) is 3.94. The molecule has 0 amide bonds. The van der Waals surface area contributed by atoms with Crippen LogP contribution in [-0.4, -0.2) is 30.6 Å². The van der Waals surface area contributed by atoms with Crippen molar-refractivity contribution in [3.05, 3.63) is 16.6 Å². The third kappa shape index (κ3) is 2.86. The first-order valence-corrected chi connectivity index (χ1v) is 4.36. The average Bonchev–Trinajstić information content (AvgIpc) is 2.56. The number of ether oxygens (including phenoxy) is 2. The Morgan fingerprint density at radius 3 is 3.17 bits per heavy atom. The molecule has 1 aromatic heterocycles. The Hall–Kier alpha value is -0.490. The summed E-state index contributed by atoms with van der Waals surface area (Å²) in [7, 11) is 1.54. The zero-order valence-electron chi connectivity index (χ0n) is 6.77. The molecule has 0 aliphatic rings. The van der Waals surface area contributed by atoms with Gasteiger partial charge in [-0.1, -0.05) is 0 Å². The van der Waals surface area contributed by atoms with Gasteiger partial charge in [-0.15, -0.1) is 11.3 Å². The Morgan fingerprint density at radius 2 is 2.58 bits per heavy atom. The Kier molecular flexibility index (Phi) is 4.16. The minimum absolute atomic E-state index is 0.197. The zero-order valence-corrected chi connectivity index (χ0v) is 7.58. The van der Waals surface area contributed by atoms with Gasteiger partial charge in [0.15, 0.2) is 0 Å². The van der Waals surface area contributed by atoms with E-state index in [1.54, 1.807) is 6.20 Å². The Bertz CT molecular complexity index is 202. The fourth-order valence-corrected chi connectivity index (χ4v) is 1.32. The third-order valence-corrected chi connectivity index (χ3v) is 2.09. The number of rotatable bonds is 5. The van der Waals surface area contributed by atoms with Crippen molar-refractivity contribution in [3.8, 4) is 0 Å². The molecule has 0 aliphatic heterocycles. The highest BCUT2D eigenvalue weighted by Gasteiger charge is 2.09. The van der Waals surface area contributed by atoms with Crippen molar-refractivity contribution < 1.29 is 14.6 Å². The van der Waals surface area contributed by atoms with E-state index in [9.17, 15) is 5.11 Å². The van der Waals surface area contributed by atoms with Gasteiger partial charge in [-0.05, 0) is 0 Å². The van der Waals surface area contributed by atoms with Crippen LogP contribution in [0, 0.1) is 0 Å². The number of methoxy groups -OCH3 is 1. The lowest BCUT2D eigenvalue weighted by atomic mass is 10.4. The molecule has 1 rings (SSSR count). The number of thiazole rings is 1. The molecule has 12 heavy (non-hydrogen) atoms. The highest BCUT2D eigenvalue weighted by Crippen LogP contribution is 2.14. The second kappa shape index (κ2) is 5.21. The van der Waals surface area contributed by atoms with Crippen LogP contribution < -0.4 is 0 Å². The van der Waals surface area contributed by atoms with Gasteiger partial charge in [-0.3, -0.25) is 0 Å². The molecule has 0 spiro atoms. The van der Waals surface area contributed by atoms with E-state index in [2.05, 4.69) is 9.72 Å². The van der Waals surface area contributed by atoms with Gasteiger partial charge < -0.3 is 14.6 Å². The molecule has 1 atom stereocenters. The van der Waals surface area contributed by atoms with Crippen molar-refractivity contribution in [2.45, 2.75) is 6.10 Å². The van der Waals surface area contributed by atoms with Crippen molar-refractivity contribution in [2.75, 3.05) is 20.5 Å². The van der Waals surface area contributed by atoms with Crippen LogP contribution in [0.2, 0.25) is 0 Å². The Morgan fingerprint density at radius 1 is 1.75 bits per heavy atom. The summed E-state index contributed by atoms with van der Waals surface area (Å²) in [6.45, 7) is 0.420. The molecule has 0 radical (unpaired) electrons. The molecule has 0 saturated heterocycles. The van der Waals surface area contributed by atoms with Crippen LogP contribution in [0.4, 0.5) is 0 Å². The number of nitrogens with zero attached hydrogens (tertiary/aromatic N) is 1. The van der Waals surface area contributed by atoms with Crippen LogP contribution in [-0.2, 0) is 9.47 Å². The highest BCUT2D eigenvalue weighted by molar-refractivity contribution is 7.09. The maximum atomic E-state index is 9.40. The van der Waals surface area contributed by atoms with E-state index in [-0.39, 0.29) is 13.4 Å². The predicted molar refractivity (Wildman–Crippen MR) is 44.9 cm³/mol. The smallest absolute Gasteiger partial charge is 0.146 e. The first-order chi connectivity index (χ1) is 5.84. The maximum Gasteiger partial charge on any atom is 0.146 e. The topological polar surface area (TPSA) is 51.6 Å². The van der Waals surface area contributed by atoms with E-state index in [4.69, 9.17) is 4.74 Å². The zero-order chi connectivity index (χ0) is 8.81. The lowest BCUT2D eigenvalue weighted by Gasteiger charge is -2.06. The number of aliphatic hydroxyl groups excluding tert-OH is 1. The van der Waals surface area contributed by atoms with Gasteiger partial charge in [0.1, 0.15) is 17.9 Å². The van der Waals surface area contributed by atoms with E-state index in [1.165, 1.54) is 18.4 Å². The van der Waals surface area contributed by atoms with Gasteiger partial charge in [-0.2, -0.15) is 0 Å². The van der Waals surface area contributed by atoms with Crippen molar-refractivity contribution in [2.24, 2.45) is 0 Å². The second-order valence-electron chi connectivity index (χ2n) is 2.16. The maximum absolute atomic E-state index is 9.40. The quantitative estimate of drug-likeness (QED) is 0.549. The summed E-state index contributed by atoms with van der Waals surface area (Å²) in [5, 5.41) is 11.9. The van der Waals surface area contributed by atoms with Gasteiger partial charge in [0.05, 0.1) is 6.61 Å². The fourth-order valence-electron chi connectivity index (χ4n) is 0.713. The standard InChI is InChI=1S/C7H11NO3S/c1-10-5-11-4-6(9)7-8-2-3-12-7/h2-3,6,9H,4-5H2,1H3. The van der Waals surface area contributed by atoms with Crippen LogP contribution in [0.1, 0.15) is 11.1 Å². The predicted octanol–water partition coefficient (Wildman–Crippen LogP) is 0.797. The largest absolute Gasteiger partial charge is 0.383 e. The van der Waals surface area contributed by atoms with Crippen molar-refractivity contribution >= 4 is 11.3 Å². The lowest BCUT2D eigenvalue weighted by Crippen LogP contribution is -2.08. The molecule has 0 fully saturated rings. The first kappa shape index (κ1) is 9.60. The number of hydrogen-bond acceptors (Lipinski definition) is 5. The van der Waals surface area contributed by atoms with Crippen LogP contribution in [0.3, 0.4) is 0 Å². The molecular weight excluding hydrogens is 178 g/mol. The summed E-state index contributed by atoms with van der Waals surface area (Å²) in [6, 6.07) is 0. The van der Waals surface area contributed by atoms with Gasteiger partial charge in [0.2, 0.25) is 0 Å². The van der Waals surface area contributed by atoms with E-state index in [0.717, 1.165) is 0 Å². The van der Waals surface area contributed by atoms with Gasteiger partial charge >= 0.3 is 0 Å². The van der Waals surface area contributed by atoms with Crippen molar-refractivity contribution in [3.63, 3.8) is 0 Å².